The van der Waals surface area contributed by atoms with Crippen LogP contribution in [0.2, 0.25) is 0 Å². The van der Waals surface area contributed by atoms with Crippen molar-refractivity contribution in [2.24, 2.45) is 0 Å². The first-order valence-electron chi connectivity index (χ1n) is 12.2. The summed E-state index contributed by atoms with van der Waals surface area (Å²) in [5, 5.41) is 13.4. The normalized spacial score (nSPS) is 15.5. The molecule has 3 heterocycles. The molecule has 0 atom stereocenters. The van der Waals surface area contributed by atoms with E-state index in [-0.39, 0.29) is 17.4 Å². The van der Waals surface area contributed by atoms with Crippen molar-refractivity contribution in [2.75, 3.05) is 32.1 Å². The Bertz CT molecular complexity index is 1230. The lowest BCUT2D eigenvalue weighted by Crippen LogP contribution is -2.55. The van der Waals surface area contributed by atoms with Gasteiger partial charge in [0.05, 0.1) is 20.2 Å². The lowest BCUT2D eigenvalue weighted by Gasteiger charge is -2.41. The third-order valence-corrected chi connectivity index (χ3v) is 7.62. The van der Waals surface area contributed by atoms with Crippen LogP contribution in [-0.2, 0) is 29.0 Å². The number of aromatic nitrogens is 4. The van der Waals surface area contributed by atoms with E-state index in [1.54, 1.807) is 17.4 Å². The fourth-order valence-electron chi connectivity index (χ4n) is 4.51. The molecule has 1 aliphatic rings. The van der Waals surface area contributed by atoms with Gasteiger partial charge in [-0.3, -0.25) is 4.79 Å². The molecule has 1 N–H and O–H groups in total. The molecule has 0 aliphatic carbocycles. The van der Waals surface area contributed by atoms with Gasteiger partial charge in [0, 0.05) is 48.6 Å². The topological polar surface area (TPSA) is 111 Å². The highest BCUT2D eigenvalue weighted by Crippen LogP contribution is 2.30. The quantitative estimate of drug-likeness (QED) is 0.308. The highest BCUT2D eigenvalue weighted by Gasteiger charge is 2.43. The molecule has 1 saturated heterocycles. The van der Waals surface area contributed by atoms with E-state index in [4.69, 9.17) is 4.74 Å². The lowest BCUT2D eigenvalue weighted by atomic mass is 9.86. The van der Waals surface area contributed by atoms with Gasteiger partial charge in [-0.2, -0.15) is 9.36 Å². The molecule has 2 aromatic heterocycles. The summed E-state index contributed by atoms with van der Waals surface area (Å²) in [4.78, 5) is 41.3. The molecule has 1 aromatic carbocycles. The molecule has 0 spiro atoms. The standard InChI is InChI=1S/C25H32N6O4S/c1-3-22(32)20-8-4-5-9-21(20)26-25(23(33)35-2)11-14-29(15-12-25)16-17-31-24(34)30(27-28-31)13-10-19-7-6-18-36-19/h4-9,18,26H,3,10-17H2,1-2H3. The summed E-state index contributed by atoms with van der Waals surface area (Å²) in [6.07, 6.45) is 2.15. The van der Waals surface area contributed by atoms with Crippen LogP contribution in [0, 0.1) is 0 Å². The molecular weight excluding hydrogens is 480 g/mol. The van der Waals surface area contributed by atoms with Crippen molar-refractivity contribution in [3.8, 4) is 0 Å². The minimum absolute atomic E-state index is 0.0180. The maximum absolute atomic E-state index is 12.9. The van der Waals surface area contributed by atoms with Gasteiger partial charge >= 0.3 is 11.7 Å². The summed E-state index contributed by atoms with van der Waals surface area (Å²) in [6, 6.07) is 11.3. The van der Waals surface area contributed by atoms with Crippen molar-refractivity contribution >= 4 is 28.8 Å². The molecule has 0 amide bonds. The maximum atomic E-state index is 12.9. The number of nitrogens with one attached hydrogen (secondary N) is 1. The number of benzene rings is 1. The molecule has 1 fully saturated rings. The Balaban J connectivity index is 1.36. The second-order valence-electron chi connectivity index (χ2n) is 8.90. The van der Waals surface area contributed by atoms with Gasteiger partial charge in [0.1, 0.15) is 5.54 Å². The number of aryl methyl sites for hydroxylation is 2. The van der Waals surface area contributed by atoms with Crippen LogP contribution in [0.4, 0.5) is 5.69 Å². The van der Waals surface area contributed by atoms with Gasteiger partial charge in [-0.05, 0) is 46.8 Å². The van der Waals surface area contributed by atoms with Crippen molar-refractivity contribution < 1.29 is 14.3 Å². The molecule has 0 bridgehead atoms. The van der Waals surface area contributed by atoms with Crippen LogP contribution in [0.25, 0.3) is 0 Å². The molecule has 11 heteroatoms. The van der Waals surface area contributed by atoms with Crippen LogP contribution in [-0.4, -0.2) is 68.7 Å². The van der Waals surface area contributed by atoms with Gasteiger partial charge in [-0.1, -0.05) is 25.1 Å². The number of thiophene rings is 1. The molecule has 0 unspecified atom stereocenters. The summed E-state index contributed by atoms with van der Waals surface area (Å²) >= 11 is 1.66. The number of likely N-dealkylation sites (tertiary alicyclic amines) is 1. The fraction of sp³-hybridized carbons (Fsp3) is 0.480. The second kappa shape index (κ2) is 11.6. The third-order valence-electron chi connectivity index (χ3n) is 6.68. The SMILES string of the molecule is CCC(=O)c1ccccc1NC1(C(=O)OC)CCN(CCn2nnn(CCc3cccs3)c2=O)CC1. The summed E-state index contributed by atoms with van der Waals surface area (Å²) in [6.45, 7) is 4.62. The van der Waals surface area contributed by atoms with Gasteiger partial charge < -0.3 is 15.0 Å². The fourth-order valence-corrected chi connectivity index (χ4v) is 5.21. The smallest absolute Gasteiger partial charge is 0.363 e. The van der Waals surface area contributed by atoms with E-state index >= 15 is 0 Å². The van der Waals surface area contributed by atoms with Crippen LogP contribution in [0.15, 0.2) is 46.6 Å². The van der Waals surface area contributed by atoms with Crippen molar-refractivity contribution in [3.63, 3.8) is 0 Å². The Kier molecular flexibility index (Phi) is 8.32. The third kappa shape index (κ3) is 5.73. The number of ketones is 1. The van der Waals surface area contributed by atoms with Crippen molar-refractivity contribution in [1.82, 2.24) is 24.7 Å². The first-order chi connectivity index (χ1) is 17.5. The number of hydrogen-bond acceptors (Lipinski definition) is 9. The average molecular weight is 513 g/mol. The number of para-hydroxylation sites is 1. The van der Waals surface area contributed by atoms with Gasteiger partial charge in [-0.15, -0.1) is 11.3 Å². The van der Waals surface area contributed by atoms with Crippen LogP contribution < -0.4 is 11.0 Å². The van der Waals surface area contributed by atoms with E-state index in [2.05, 4.69) is 20.6 Å². The Morgan fingerprint density at radius 3 is 2.44 bits per heavy atom. The molecule has 1 aliphatic heterocycles. The molecule has 10 nitrogen and oxygen atoms in total. The number of rotatable bonds is 11. The van der Waals surface area contributed by atoms with E-state index in [0.717, 1.165) is 6.42 Å². The molecule has 0 saturated carbocycles. The van der Waals surface area contributed by atoms with Crippen molar-refractivity contribution in [2.45, 2.75) is 51.2 Å². The number of Topliss-reactive ketones (excluding diaryl/α,β-unsaturated/α-hetero) is 1. The number of carbonyl (C=O) groups excluding carboxylic acids is 2. The van der Waals surface area contributed by atoms with E-state index in [1.165, 1.54) is 21.4 Å². The molecule has 4 rings (SSSR count). The Morgan fingerprint density at radius 1 is 1.06 bits per heavy atom. The number of ether oxygens (including phenoxy) is 1. The van der Waals surface area contributed by atoms with Gasteiger partial charge in [-0.25, -0.2) is 9.59 Å². The minimum Gasteiger partial charge on any atom is -0.467 e. The summed E-state index contributed by atoms with van der Waals surface area (Å²) < 4.78 is 7.94. The Labute approximate surface area is 213 Å². The number of piperidine rings is 1. The van der Waals surface area contributed by atoms with Gasteiger partial charge in [0.15, 0.2) is 5.78 Å². The zero-order valence-electron chi connectivity index (χ0n) is 20.7. The number of esters is 1. The number of anilines is 1. The van der Waals surface area contributed by atoms with Crippen LogP contribution in [0.5, 0.6) is 0 Å². The van der Waals surface area contributed by atoms with E-state index in [1.807, 2.05) is 42.6 Å². The summed E-state index contributed by atoms with van der Waals surface area (Å²) in [5.74, 6) is -0.324. The zero-order chi connectivity index (χ0) is 25.5. The van der Waals surface area contributed by atoms with Gasteiger partial charge in [0.2, 0.25) is 0 Å². The first-order valence-corrected chi connectivity index (χ1v) is 13.1. The maximum Gasteiger partial charge on any atom is 0.363 e. The number of hydrogen-bond donors (Lipinski definition) is 1. The number of methoxy groups -OCH3 is 1. The highest BCUT2D eigenvalue weighted by molar-refractivity contribution is 7.09. The number of nitrogens with zero attached hydrogens (tertiary/aromatic N) is 5. The number of carbonyl (C=O) groups is 2. The highest BCUT2D eigenvalue weighted by atomic mass is 32.1. The van der Waals surface area contributed by atoms with E-state index in [9.17, 15) is 14.4 Å². The predicted molar refractivity (Wildman–Crippen MR) is 137 cm³/mol. The second-order valence-corrected chi connectivity index (χ2v) is 9.93. The lowest BCUT2D eigenvalue weighted by molar-refractivity contribution is -0.147. The summed E-state index contributed by atoms with van der Waals surface area (Å²) in [7, 11) is 1.38. The van der Waals surface area contributed by atoms with Crippen molar-refractivity contribution in [3.05, 3.63) is 62.7 Å². The molecule has 192 valence electrons. The number of tetrazole rings is 1. The zero-order valence-corrected chi connectivity index (χ0v) is 21.5. The molecule has 0 radical (unpaired) electrons. The monoisotopic (exact) mass is 512 g/mol. The van der Waals surface area contributed by atoms with E-state index in [0.29, 0.717) is 63.2 Å². The predicted octanol–water partition coefficient (Wildman–Crippen LogP) is 2.46. The first kappa shape index (κ1) is 25.8. The minimum atomic E-state index is -0.920. The largest absolute Gasteiger partial charge is 0.467 e. The van der Waals surface area contributed by atoms with Crippen LogP contribution in [0.1, 0.15) is 41.4 Å². The van der Waals surface area contributed by atoms with Crippen LogP contribution >= 0.6 is 11.3 Å². The molecule has 36 heavy (non-hydrogen) atoms. The van der Waals surface area contributed by atoms with Crippen LogP contribution in [0.3, 0.4) is 0 Å². The molecule has 3 aromatic rings. The Hall–Kier alpha value is -3.31. The molecular formula is C25H32N6O4S. The average Bonchev–Trinajstić information content (AvgIpc) is 3.56. The van der Waals surface area contributed by atoms with Gasteiger partial charge in [0.25, 0.3) is 0 Å². The Morgan fingerprint density at radius 2 is 1.78 bits per heavy atom. The summed E-state index contributed by atoms with van der Waals surface area (Å²) in [5.41, 5.74) is 0.0874. The van der Waals surface area contributed by atoms with Crippen molar-refractivity contribution in [1.29, 1.82) is 0 Å². The van der Waals surface area contributed by atoms with E-state index < -0.39 is 5.54 Å².